The minimum Gasteiger partial charge on any atom is -0.375 e. The molecule has 28 heavy (non-hydrogen) atoms. The molecule has 1 aromatic heterocycles. The maximum Gasteiger partial charge on any atom is 0.191 e. The third-order valence-corrected chi connectivity index (χ3v) is 4.54. The van der Waals surface area contributed by atoms with Gasteiger partial charge in [0.1, 0.15) is 5.76 Å². The molecule has 8 heteroatoms. The first-order valence-electron chi connectivity index (χ1n) is 9.39. The van der Waals surface area contributed by atoms with E-state index in [2.05, 4.69) is 29.6 Å². The summed E-state index contributed by atoms with van der Waals surface area (Å²) in [6.07, 6.45) is 1.52. The number of aromatic nitrogens is 1. The van der Waals surface area contributed by atoms with Crippen molar-refractivity contribution in [2.75, 3.05) is 20.2 Å². The molecule has 0 amide bonds. The van der Waals surface area contributed by atoms with Gasteiger partial charge in [0.25, 0.3) is 0 Å². The number of guanidine groups is 1. The van der Waals surface area contributed by atoms with E-state index in [0.717, 1.165) is 47.9 Å². The molecule has 2 aromatic rings. The van der Waals surface area contributed by atoms with Crippen LogP contribution < -0.4 is 10.6 Å². The van der Waals surface area contributed by atoms with Gasteiger partial charge in [0.05, 0.1) is 18.3 Å². The molecule has 1 heterocycles. The number of aliphatic imine (C=N–C) groups is 1. The lowest BCUT2D eigenvalue weighted by atomic mass is 10.1. The lowest BCUT2D eigenvalue weighted by molar-refractivity contribution is 0.106. The first-order chi connectivity index (χ1) is 13.1. The molecule has 0 spiro atoms. The minimum atomic E-state index is -0.124. The Morgan fingerprint density at radius 1 is 1.25 bits per heavy atom. The summed E-state index contributed by atoms with van der Waals surface area (Å²) in [6.45, 7) is 8.04. The van der Waals surface area contributed by atoms with Crippen LogP contribution in [-0.2, 0) is 24.1 Å². The van der Waals surface area contributed by atoms with E-state index in [1.54, 1.807) is 7.11 Å². The van der Waals surface area contributed by atoms with Crippen molar-refractivity contribution < 1.29 is 9.26 Å². The second kappa shape index (κ2) is 13.0. The van der Waals surface area contributed by atoms with Gasteiger partial charge in [-0.25, -0.2) is 4.99 Å². The van der Waals surface area contributed by atoms with Crippen LogP contribution in [0.25, 0.3) is 0 Å². The van der Waals surface area contributed by atoms with Crippen LogP contribution in [0.15, 0.2) is 33.8 Å². The Bertz CT molecular complexity index is 730. The van der Waals surface area contributed by atoms with Gasteiger partial charge in [-0.2, -0.15) is 0 Å². The highest BCUT2D eigenvalue weighted by atomic mass is 127. The van der Waals surface area contributed by atoms with Crippen LogP contribution in [0.2, 0.25) is 5.02 Å². The van der Waals surface area contributed by atoms with E-state index in [0.29, 0.717) is 18.1 Å². The van der Waals surface area contributed by atoms with E-state index < -0.39 is 0 Å². The number of aryl methyl sites for hydroxylation is 2. The van der Waals surface area contributed by atoms with Crippen molar-refractivity contribution in [2.45, 2.75) is 46.3 Å². The summed E-state index contributed by atoms with van der Waals surface area (Å²) in [6, 6.07) is 7.70. The van der Waals surface area contributed by atoms with Gasteiger partial charge in [-0.1, -0.05) is 42.7 Å². The van der Waals surface area contributed by atoms with Crippen LogP contribution in [-0.4, -0.2) is 31.3 Å². The van der Waals surface area contributed by atoms with Crippen molar-refractivity contribution in [2.24, 2.45) is 4.99 Å². The second-order valence-corrected chi connectivity index (χ2v) is 6.53. The van der Waals surface area contributed by atoms with Crippen molar-refractivity contribution in [3.05, 3.63) is 51.9 Å². The lowest BCUT2D eigenvalue weighted by Crippen LogP contribution is -2.39. The van der Waals surface area contributed by atoms with E-state index in [1.165, 1.54) is 0 Å². The normalized spacial score (nSPS) is 12.4. The number of hydrogen-bond donors (Lipinski definition) is 2. The quantitative estimate of drug-likeness (QED) is 0.289. The number of ether oxygens (including phenoxy) is 1. The lowest BCUT2D eigenvalue weighted by Gasteiger charge is -2.19. The van der Waals surface area contributed by atoms with Crippen LogP contribution in [0.1, 0.15) is 49.5 Å². The molecule has 1 aromatic carbocycles. The molecule has 0 saturated heterocycles. The molecule has 1 atom stereocenters. The Hall–Kier alpha value is -1.32. The first kappa shape index (κ1) is 24.7. The van der Waals surface area contributed by atoms with Gasteiger partial charge in [0.15, 0.2) is 5.96 Å². The number of methoxy groups -OCH3 is 1. The van der Waals surface area contributed by atoms with E-state index in [1.807, 2.05) is 31.2 Å². The van der Waals surface area contributed by atoms with Gasteiger partial charge in [0, 0.05) is 37.2 Å². The number of halogens is 2. The van der Waals surface area contributed by atoms with E-state index in [9.17, 15) is 0 Å². The monoisotopic (exact) mass is 520 g/mol. The molecule has 0 aliphatic carbocycles. The molecule has 0 radical (unpaired) electrons. The predicted molar refractivity (Wildman–Crippen MR) is 125 cm³/mol. The summed E-state index contributed by atoms with van der Waals surface area (Å²) in [5.74, 6) is 1.63. The van der Waals surface area contributed by atoms with Crippen LogP contribution in [0.3, 0.4) is 0 Å². The number of rotatable bonds is 9. The Morgan fingerprint density at radius 3 is 2.64 bits per heavy atom. The largest absolute Gasteiger partial charge is 0.375 e. The van der Waals surface area contributed by atoms with Crippen LogP contribution in [0, 0.1) is 0 Å². The molecular formula is C20H30ClIN4O2. The maximum atomic E-state index is 6.10. The van der Waals surface area contributed by atoms with E-state index in [-0.39, 0.29) is 30.1 Å². The molecule has 2 N–H and O–H groups in total. The second-order valence-electron chi connectivity index (χ2n) is 6.09. The van der Waals surface area contributed by atoms with Crippen molar-refractivity contribution in [3.8, 4) is 0 Å². The van der Waals surface area contributed by atoms with E-state index in [4.69, 9.17) is 25.9 Å². The van der Waals surface area contributed by atoms with Gasteiger partial charge in [-0.15, -0.1) is 24.0 Å². The summed E-state index contributed by atoms with van der Waals surface area (Å²) >= 11 is 6.10. The molecule has 0 aliphatic rings. The van der Waals surface area contributed by atoms with Crippen LogP contribution >= 0.6 is 35.6 Å². The molecule has 0 saturated carbocycles. The molecule has 1 unspecified atom stereocenters. The van der Waals surface area contributed by atoms with E-state index >= 15 is 0 Å². The van der Waals surface area contributed by atoms with Crippen molar-refractivity contribution in [1.29, 1.82) is 0 Å². The Labute approximate surface area is 189 Å². The van der Waals surface area contributed by atoms with Gasteiger partial charge >= 0.3 is 0 Å². The van der Waals surface area contributed by atoms with Gasteiger partial charge < -0.3 is 19.9 Å². The zero-order valence-electron chi connectivity index (χ0n) is 16.9. The third kappa shape index (κ3) is 6.93. The average molecular weight is 521 g/mol. The first-order valence-corrected chi connectivity index (χ1v) is 9.77. The zero-order valence-corrected chi connectivity index (χ0v) is 20.0. The predicted octanol–water partition coefficient (Wildman–Crippen LogP) is 4.51. The molecular weight excluding hydrogens is 491 g/mol. The topological polar surface area (TPSA) is 71.7 Å². The standard InChI is InChI=1S/C20H29ClN4O2.HI/c1-5-17-16(18(6-2)27-25-17)12-23-20(22-7-3)24-13-19(26-4)14-9-8-10-15(21)11-14;/h8-11,19H,5-7,12-13H2,1-4H3,(H2,22,23,24);1H. The van der Waals surface area contributed by atoms with Gasteiger partial charge in [-0.3, -0.25) is 0 Å². The average Bonchev–Trinajstić information content (AvgIpc) is 3.08. The third-order valence-electron chi connectivity index (χ3n) is 4.31. The van der Waals surface area contributed by atoms with Crippen molar-refractivity contribution in [3.63, 3.8) is 0 Å². The highest BCUT2D eigenvalue weighted by Gasteiger charge is 2.14. The number of benzene rings is 1. The Kier molecular flexibility index (Phi) is 11.5. The fraction of sp³-hybridized carbons (Fsp3) is 0.500. The highest BCUT2D eigenvalue weighted by molar-refractivity contribution is 14.0. The Balaban J connectivity index is 0.00000392. The van der Waals surface area contributed by atoms with Crippen molar-refractivity contribution in [1.82, 2.24) is 15.8 Å². The summed E-state index contributed by atoms with van der Waals surface area (Å²) < 4.78 is 11.0. The van der Waals surface area contributed by atoms with Crippen LogP contribution in [0.4, 0.5) is 0 Å². The molecule has 156 valence electrons. The number of nitrogens with zero attached hydrogens (tertiary/aromatic N) is 2. The SMILES string of the molecule is CCNC(=NCc1c(CC)noc1CC)NCC(OC)c1cccc(Cl)c1.I. The molecule has 0 fully saturated rings. The molecule has 0 aliphatic heterocycles. The van der Waals surface area contributed by atoms with Gasteiger partial charge in [0.2, 0.25) is 0 Å². The number of hydrogen-bond acceptors (Lipinski definition) is 4. The molecule has 0 bridgehead atoms. The summed E-state index contributed by atoms with van der Waals surface area (Å²) in [4.78, 5) is 4.70. The van der Waals surface area contributed by atoms with Gasteiger partial charge in [-0.05, 0) is 31.0 Å². The smallest absolute Gasteiger partial charge is 0.191 e. The Morgan fingerprint density at radius 2 is 2.04 bits per heavy atom. The zero-order chi connectivity index (χ0) is 19.6. The van der Waals surface area contributed by atoms with Crippen molar-refractivity contribution >= 4 is 41.5 Å². The summed E-state index contributed by atoms with van der Waals surface area (Å²) in [5.41, 5.74) is 3.07. The summed E-state index contributed by atoms with van der Waals surface area (Å²) in [7, 11) is 1.69. The maximum absolute atomic E-state index is 6.10. The van der Waals surface area contributed by atoms with Crippen LogP contribution in [0.5, 0.6) is 0 Å². The molecule has 2 rings (SSSR count). The fourth-order valence-corrected chi connectivity index (χ4v) is 3.05. The number of nitrogens with one attached hydrogen (secondary N) is 2. The summed E-state index contributed by atoms with van der Waals surface area (Å²) in [5, 5.41) is 11.5. The minimum absolute atomic E-state index is 0. The fourth-order valence-electron chi connectivity index (χ4n) is 2.85. The molecule has 6 nitrogen and oxygen atoms in total. The highest BCUT2D eigenvalue weighted by Crippen LogP contribution is 2.20.